The molecule has 194 valence electrons. The molecule has 0 saturated heterocycles. The van der Waals surface area contributed by atoms with Gasteiger partial charge in [0.2, 0.25) is 0 Å². The second kappa shape index (κ2) is 12.1. The first-order valence-corrected chi connectivity index (χ1v) is 15.0. The fourth-order valence-electron chi connectivity index (χ4n) is 7.37. The van der Waals surface area contributed by atoms with Crippen LogP contribution in [-0.2, 0) is 0 Å². The molecule has 0 spiro atoms. The molecule has 4 heteroatoms. The van der Waals surface area contributed by atoms with Crippen molar-refractivity contribution >= 4 is 11.8 Å². The topological polar surface area (TPSA) is 60.7 Å². The third kappa shape index (κ3) is 6.41. The van der Waals surface area contributed by atoms with E-state index < -0.39 is 17.8 Å². The molecule has 0 unspecified atom stereocenters. The molecule has 0 aromatic heterocycles. The van der Waals surface area contributed by atoms with Gasteiger partial charge < -0.3 is 15.3 Å². The third-order valence-electron chi connectivity index (χ3n) is 9.25. The van der Waals surface area contributed by atoms with Crippen LogP contribution in [0.3, 0.4) is 0 Å². The van der Waals surface area contributed by atoms with Crippen LogP contribution in [0.25, 0.3) is 0 Å². The van der Waals surface area contributed by atoms with Gasteiger partial charge in [0, 0.05) is 11.7 Å². The van der Waals surface area contributed by atoms with Gasteiger partial charge in [0.05, 0.1) is 17.8 Å². The van der Waals surface area contributed by atoms with E-state index in [9.17, 15) is 15.3 Å². The number of allylic oxidation sites excluding steroid dienone is 3. The highest BCUT2D eigenvalue weighted by Gasteiger charge is 2.50. The van der Waals surface area contributed by atoms with Gasteiger partial charge in [0.25, 0.3) is 0 Å². The molecule has 0 aliphatic heterocycles. The van der Waals surface area contributed by atoms with Gasteiger partial charge in [-0.3, -0.25) is 0 Å². The van der Waals surface area contributed by atoms with Crippen LogP contribution in [-0.4, -0.2) is 44.1 Å². The highest BCUT2D eigenvalue weighted by molar-refractivity contribution is 7.99. The normalized spacial score (nSPS) is 35.7. The quantitative estimate of drug-likeness (QED) is 0.309. The zero-order valence-corrected chi connectivity index (χ0v) is 23.0. The smallest absolute Gasteiger partial charge is 0.0811 e. The Morgan fingerprint density at radius 1 is 1.15 bits per heavy atom. The summed E-state index contributed by atoms with van der Waals surface area (Å²) in [4.78, 5) is 0. The Kier molecular flexibility index (Phi) is 10.00. The first-order chi connectivity index (χ1) is 16.1. The molecule has 6 atom stereocenters. The van der Waals surface area contributed by atoms with Crippen LogP contribution in [0.2, 0.25) is 0 Å². The summed E-state index contributed by atoms with van der Waals surface area (Å²) >= 11 is 2.09. The largest absolute Gasteiger partial charge is 0.393 e. The minimum Gasteiger partial charge on any atom is -0.393 e. The van der Waals surface area contributed by atoms with Gasteiger partial charge in [-0.25, -0.2) is 0 Å². The number of rotatable bonds is 10. The van der Waals surface area contributed by atoms with Crippen molar-refractivity contribution in [1.82, 2.24) is 0 Å². The average Bonchev–Trinajstić information content (AvgIpc) is 3.13. The summed E-state index contributed by atoms with van der Waals surface area (Å²) in [5.74, 6) is 2.41. The lowest BCUT2D eigenvalue weighted by Crippen LogP contribution is -2.37. The maximum absolute atomic E-state index is 11.0. The van der Waals surface area contributed by atoms with Gasteiger partial charge in [-0.1, -0.05) is 64.8 Å². The van der Waals surface area contributed by atoms with E-state index in [0.29, 0.717) is 29.4 Å². The van der Waals surface area contributed by atoms with Crippen LogP contribution in [0.1, 0.15) is 105 Å². The Balaban J connectivity index is 1.65. The van der Waals surface area contributed by atoms with E-state index >= 15 is 0 Å². The predicted molar refractivity (Wildman–Crippen MR) is 146 cm³/mol. The van der Waals surface area contributed by atoms with Gasteiger partial charge in [0.1, 0.15) is 0 Å². The summed E-state index contributed by atoms with van der Waals surface area (Å²) in [6, 6.07) is 0. The van der Waals surface area contributed by atoms with Crippen molar-refractivity contribution in [2.45, 2.75) is 128 Å². The molecule has 3 fully saturated rings. The van der Waals surface area contributed by atoms with Crippen molar-refractivity contribution in [2.24, 2.45) is 17.3 Å². The molecule has 3 nitrogen and oxygen atoms in total. The summed E-state index contributed by atoms with van der Waals surface area (Å²) in [5.41, 5.74) is 3.22. The van der Waals surface area contributed by atoms with E-state index in [-0.39, 0.29) is 0 Å². The summed E-state index contributed by atoms with van der Waals surface area (Å²) in [6.45, 7) is 13.4. The zero-order chi connectivity index (χ0) is 24.9. The molecule has 34 heavy (non-hydrogen) atoms. The number of thioether (sulfide) groups is 1. The van der Waals surface area contributed by atoms with E-state index in [1.54, 1.807) is 5.57 Å². The highest BCUT2D eigenvalue weighted by atomic mass is 32.2. The minimum absolute atomic E-state index is 0.348. The molecule has 0 radical (unpaired) electrons. The van der Waals surface area contributed by atoms with E-state index in [4.69, 9.17) is 0 Å². The Labute approximate surface area is 213 Å². The Morgan fingerprint density at radius 3 is 2.53 bits per heavy atom. The van der Waals surface area contributed by atoms with E-state index in [0.717, 1.165) is 61.3 Å². The molecule has 3 aliphatic carbocycles. The van der Waals surface area contributed by atoms with Crippen LogP contribution >= 0.6 is 11.8 Å². The van der Waals surface area contributed by atoms with E-state index in [1.807, 2.05) is 0 Å². The Bertz CT molecular complexity index is 750. The maximum atomic E-state index is 11.0. The van der Waals surface area contributed by atoms with Crippen molar-refractivity contribution in [3.63, 3.8) is 0 Å². The van der Waals surface area contributed by atoms with Crippen molar-refractivity contribution in [2.75, 3.05) is 5.75 Å². The zero-order valence-electron chi connectivity index (χ0n) is 22.2. The van der Waals surface area contributed by atoms with Crippen molar-refractivity contribution in [1.29, 1.82) is 0 Å². The van der Waals surface area contributed by atoms with Crippen LogP contribution in [0.4, 0.5) is 0 Å². The Hall–Kier alpha value is -0.550. The molecule has 0 amide bonds. The molecule has 3 rings (SSSR count). The second-order valence-corrected chi connectivity index (χ2v) is 13.2. The van der Waals surface area contributed by atoms with E-state index in [2.05, 4.69) is 58.2 Å². The van der Waals surface area contributed by atoms with Gasteiger partial charge in [-0.05, 0) is 91.9 Å². The van der Waals surface area contributed by atoms with Gasteiger partial charge >= 0.3 is 0 Å². The monoisotopic (exact) mass is 490 g/mol. The van der Waals surface area contributed by atoms with Crippen LogP contribution in [0.5, 0.6) is 0 Å². The number of fused-ring (bicyclic) bond motifs is 1. The lowest BCUT2D eigenvalue weighted by atomic mass is 9.63. The van der Waals surface area contributed by atoms with Crippen LogP contribution in [0, 0.1) is 17.3 Å². The van der Waals surface area contributed by atoms with Crippen molar-refractivity contribution in [3.8, 4) is 0 Å². The summed E-state index contributed by atoms with van der Waals surface area (Å²) < 4.78 is 0. The number of hydrogen-bond donors (Lipinski definition) is 3. The second-order valence-electron chi connectivity index (χ2n) is 11.7. The lowest BCUT2D eigenvalue weighted by molar-refractivity contribution is 0.0187. The maximum Gasteiger partial charge on any atom is 0.0811 e. The van der Waals surface area contributed by atoms with Gasteiger partial charge in [-0.2, -0.15) is 11.8 Å². The number of aliphatic hydroxyl groups excluding tert-OH is 2. The average molecular weight is 491 g/mol. The summed E-state index contributed by atoms with van der Waals surface area (Å²) in [6.07, 6.45) is 15.5. The van der Waals surface area contributed by atoms with Crippen molar-refractivity contribution in [3.05, 3.63) is 35.5 Å². The fourth-order valence-corrected chi connectivity index (χ4v) is 8.92. The third-order valence-corrected chi connectivity index (χ3v) is 10.5. The van der Waals surface area contributed by atoms with Crippen molar-refractivity contribution < 1.29 is 15.3 Å². The molecule has 3 N–H and O–H groups in total. The molecule has 0 bridgehead atoms. The van der Waals surface area contributed by atoms with Crippen LogP contribution < -0.4 is 0 Å². The highest BCUT2D eigenvalue weighted by Crippen LogP contribution is 2.59. The first-order valence-electron chi connectivity index (χ1n) is 13.9. The molecule has 0 aromatic rings. The predicted octanol–water partition coefficient (Wildman–Crippen LogP) is 6.97. The minimum atomic E-state index is -0.619. The molecule has 3 saturated carbocycles. The molecule has 0 aromatic carbocycles. The SMILES string of the molecule is C=C1/C(=C\C=C2/CCC[C@]3(C)[C@@H]([C@@H](C)SCCC(O)(CCC)CCC)CC[C@@H]23)C[C@@H](O)C[C@@H]1O. The molecule has 3 aliphatic rings. The molecular formula is C30H50O3S. The Morgan fingerprint density at radius 2 is 1.85 bits per heavy atom. The first kappa shape index (κ1) is 28.0. The molecular weight excluding hydrogens is 440 g/mol. The number of hydrogen-bond acceptors (Lipinski definition) is 4. The fraction of sp³-hybridized carbons (Fsp3) is 0.800. The van der Waals surface area contributed by atoms with E-state index in [1.165, 1.54) is 25.7 Å². The summed E-state index contributed by atoms with van der Waals surface area (Å²) in [5, 5.41) is 31.9. The van der Waals surface area contributed by atoms with Crippen LogP contribution in [0.15, 0.2) is 35.5 Å². The lowest BCUT2D eigenvalue weighted by Gasteiger charge is -2.44. The summed E-state index contributed by atoms with van der Waals surface area (Å²) in [7, 11) is 0. The standard InChI is InChI=1S/C30H50O3S/c1-6-14-30(33,15-7-2)17-18-34-22(4)26-12-13-27-23(9-8-16-29(26,27)5)10-11-24-19-25(31)20-28(32)21(24)3/h10-11,22,25-28,31-33H,3,6-9,12-20H2,1-2,4-5H3/b23-10+,24-11-/t22-,25-,26-,27+,28+,29-/m1/s1. The number of aliphatic hydroxyl groups is 3. The van der Waals surface area contributed by atoms with Gasteiger partial charge in [0.15, 0.2) is 0 Å². The molecule has 0 heterocycles. The van der Waals surface area contributed by atoms with Gasteiger partial charge in [-0.15, -0.1) is 0 Å².